The summed E-state index contributed by atoms with van der Waals surface area (Å²) >= 11 is 0. The minimum Gasteiger partial charge on any atom is -0.338 e. The number of rotatable bonds is 5. The van der Waals surface area contributed by atoms with Crippen molar-refractivity contribution in [3.8, 4) is 0 Å². The van der Waals surface area contributed by atoms with Crippen LogP contribution >= 0.6 is 0 Å². The molecular formula is C17H19F2N5O. The van der Waals surface area contributed by atoms with Gasteiger partial charge in [-0.05, 0) is 18.2 Å². The van der Waals surface area contributed by atoms with Crippen LogP contribution in [0.2, 0.25) is 0 Å². The first kappa shape index (κ1) is 17.2. The fourth-order valence-corrected chi connectivity index (χ4v) is 2.70. The zero-order valence-corrected chi connectivity index (χ0v) is 13.7. The molecule has 1 N–H and O–H groups in total. The summed E-state index contributed by atoms with van der Waals surface area (Å²) < 4.78 is 27.1. The van der Waals surface area contributed by atoms with E-state index in [1.165, 1.54) is 6.07 Å². The Morgan fingerprint density at radius 3 is 2.32 bits per heavy atom. The van der Waals surface area contributed by atoms with Gasteiger partial charge in [0.05, 0.1) is 0 Å². The number of hydrogen-bond acceptors (Lipinski definition) is 5. The van der Waals surface area contributed by atoms with Gasteiger partial charge < -0.3 is 10.2 Å². The lowest BCUT2D eigenvalue weighted by Gasteiger charge is -2.34. The highest BCUT2D eigenvalue weighted by molar-refractivity contribution is 5.91. The number of benzene rings is 1. The molecule has 2 aromatic rings. The zero-order chi connectivity index (χ0) is 17.6. The van der Waals surface area contributed by atoms with Gasteiger partial charge in [-0.1, -0.05) is 6.07 Å². The van der Waals surface area contributed by atoms with Crippen molar-refractivity contribution in [1.82, 2.24) is 14.9 Å². The Balaban J connectivity index is 1.45. The van der Waals surface area contributed by atoms with Crippen LogP contribution in [0.15, 0.2) is 36.7 Å². The monoisotopic (exact) mass is 347 g/mol. The normalized spacial score (nSPS) is 15.2. The van der Waals surface area contributed by atoms with Crippen molar-refractivity contribution in [3.63, 3.8) is 0 Å². The number of piperazine rings is 1. The summed E-state index contributed by atoms with van der Waals surface area (Å²) in [5.74, 6) is -1.25. The van der Waals surface area contributed by atoms with Crippen molar-refractivity contribution in [2.24, 2.45) is 0 Å². The van der Waals surface area contributed by atoms with Gasteiger partial charge in [0.15, 0.2) is 0 Å². The highest BCUT2D eigenvalue weighted by Crippen LogP contribution is 2.18. The quantitative estimate of drug-likeness (QED) is 0.895. The number of anilines is 2. The fraction of sp³-hybridized carbons (Fsp3) is 0.353. The second-order valence-electron chi connectivity index (χ2n) is 5.77. The Bertz CT molecular complexity index is 700. The van der Waals surface area contributed by atoms with E-state index in [0.29, 0.717) is 12.5 Å². The molecule has 1 aliphatic heterocycles. The number of amides is 1. The van der Waals surface area contributed by atoms with Crippen LogP contribution in [0, 0.1) is 11.6 Å². The molecule has 1 saturated heterocycles. The third-order valence-electron chi connectivity index (χ3n) is 4.09. The number of para-hydroxylation sites is 1. The Morgan fingerprint density at radius 1 is 1.04 bits per heavy atom. The van der Waals surface area contributed by atoms with Crippen LogP contribution in [0.3, 0.4) is 0 Å². The fourth-order valence-electron chi connectivity index (χ4n) is 2.70. The van der Waals surface area contributed by atoms with Gasteiger partial charge in [-0.2, -0.15) is 0 Å². The molecule has 6 nitrogen and oxygen atoms in total. The van der Waals surface area contributed by atoms with Crippen LogP contribution in [-0.4, -0.2) is 53.5 Å². The molecule has 0 unspecified atom stereocenters. The smallest absolute Gasteiger partial charge is 0.225 e. The summed E-state index contributed by atoms with van der Waals surface area (Å²) in [5, 5.41) is 2.31. The first-order valence-electron chi connectivity index (χ1n) is 8.11. The molecule has 0 spiro atoms. The maximum atomic E-state index is 13.5. The van der Waals surface area contributed by atoms with E-state index in [0.717, 1.165) is 38.3 Å². The maximum absolute atomic E-state index is 13.5. The van der Waals surface area contributed by atoms with E-state index in [9.17, 15) is 13.6 Å². The predicted octanol–water partition coefficient (Wildman–Crippen LogP) is 1.91. The molecule has 1 aromatic heterocycles. The Hall–Kier alpha value is -2.61. The maximum Gasteiger partial charge on any atom is 0.225 e. The summed E-state index contributed by atoms with van der Waals surface area (Å²) in [6, 6.07) is 5.26. The van der Waals surface area contributed by atoms with Crippen molar-refractivity contribution in [2.45, 2.75) is 6.42 Å². The average molecular weight is 347 g/mol. The third-order valence-corrected chi connectivity index (χ3v) is 4.09. The van der Waals surface area contributed by atoms with Crippen molar-refractivity contribution in [2.75, 3.05) is 42.9 Å². The standard InChI is InChI=1S/C17H19F2N5O/c18-13-3-1-4-14(19)16(13)22-15(25)5-8-23-9-11-24(12-10-23)17-20-6-2-7-21-17/h1-4,6-7H,5,8-12H2,(H,22,25). The van der Waals surface area contributed by atoms with Gasteiger partial charge in [-0.25, -0.2) is 18.7 Å². The number of aromatic nitrogens is 2. The van der Waals surface area contributed by atoms with Gasteiger partial charge in [0.1, 0.15) is 17.3 Å². The Labute approximate surface area is 144 Å². The van der Waals surface area contributed by atoms with E-state index in [1.807, 2.05) is 0 Å². The lowest BCUT2D eigenvalue weighted by atomic mass is 10.2. The van der Waals surface area contributed by atoms with Crippen molar-refractivity contribution in [1.29, 1.82) is 0 Å². The molecule has 8 heteroatoms. The number of halogens is 2. The van der Waals surface area contributed by atoms with Gasteiger partial charge >= 0.3 is 0 Å². The van der Waals surface area contributed by atoms with Gasteiger partial charge in [0.25, 0.3) is 0 Å². The zero-order valence-electron chi connectivity index (χ0n) is 13.7. The largest absolute Gasteiger partial charge is 0.338 e. The molecule has 1 aliphatic rings. The predicted molar refractivity (Wildman–Crippen MR) is 90.3 cm³/mol. The van der Waals surface area contributed by atoms with Gasteiger partial charge in [-0.3, -0.25) is 9.69 Å². The number of hydrogen-bond donors (Lipinski definition) is 1. The van der Waals surface area contributed by atoms with E-state index in [-0.39, 0.29) is 6.42 Å². The molecule has 0 atom stereocenters. The summed E-state index contributed by atoms with van der Waals surface area (Å²) in [4.78, 5) is 24.6. The van der Waals surface area contributed by atoms with E-state index in [1.54, 1.807) is 18.5 Å². The molecule has 1 amide bonds. The lowest BCUT2D eigenvalue weighted by Crippen LogP contribution is -2.47. The number of carbonyl (C=O) groups excluding carboxylic acids is 1. The molecule has 0 aliphatic carbocycles. The van der Waals surface area contributed by atoms with Gasteiger partial charge in [0, 0.05) is 51.5 Å². The minimum atomic E-state index is -0.773. The van der Waals surface area contributed by atoms with Crippen LogP contribution in [-0.2, 0) is 4.79 Å². The molecule has 25 heavy (non-hydrogen) atoms. The van der Waals surface area contributed by atoms with Gasteiger partial charge in [0.2, 0.25) is 11.9 Å². The molecular weight excluding hydrogens is 328 g/mol. The summed E-state index contributed by atoms with van der Waals surface area (Å²) in [6.45, 7) is 3.63. The SMILES string of the molecule is O=C(CCN1CCN(c2ncccn2)CC1)Nc1c(F)cccc1F. The highest BCUT2D eigenvalue weighted by atomic mass is 19.1. The molecule has 0 radical (unpaired) electrons. The number of carbonyl (C=O) groups is 1. The first-order chi connectivity index (χ1) is 12.1. The van der Waals surface area contributed by atoms with E-state index >= 15 is 0 Å². The van der Waals surface area contributed by atoms with Gasteiger partial charge in [-0.15, -0.1) is 0 Å². The molecule has 0 saturated carbocycles. The topological polar surface area (TPSA) is 61.4 Å². The van der Waals surface area contributed by atoms with Crippen LogP contribution in [0.5, 0.6) is 0 Å². The van der Waals surface area contributed by atoms with Crippen LogP contribution in [0.25, 0.3) is 0 Å². The van der Waals surface area contributed by atoms with E-state index in [4.69, 9.17) is 0 Å². The lowest BCUT2D eigenvalue weighted by molar-refractivity contribution is -0.116. The van der Waals surface area contributed by atoms with Crippen LogP contribution in [0.1, 0.15) is 6.42 Å². The van der Waals surface area contributed by atoms with Crippen LogP contribution in [0.4, 0.5) is 20.4 Å². The highest BCUT2D eigenvalue weighted by Gasteiger charge is 2.19. The summed E-state index contributed by atoms with van der Waals surface area (Å²) in [5.41, 5.74) is -0.390. The molecule has 3 rings (SSSR count). The minimum absolute atomic E-state index is 0.176. The third kappa shape index (κ3) is 4.48. The Morgan fingerprint density at radius 2 is 1.68 bits per heavy atom. The molecule has 1 aromatic carbocycles. The van der Waals surface area contributed by atoms with Crippen molar-refractivity contribution >= 4 is 17.5 Å². The van der Waals surface area contributed by atoms with Crippen molar-refractivity contribution in [3.05, 3.63) is 48.3 Å². The Kier molecular flexibility index (Phi) is 5.49. The van der Waals surface area contributed by atoms with Crippen LogP contribution < -0.4 is 10.2 Å². The molecule has 2 heterocycles. The summed E-state index contributed by atoms with van der Waals surface area (Å²) in [6.07, 6.45) is 3.59. The number of nitrogens with zero attached hydrogens (tertiary/aromatic N) is 4. The number of nitrogens with one attached hydrogen (secondary N) is 1. The average Bonchev–Trinajstić information content (AvgIpc) is 2.64. The molecule has 1 fully saturated rings. The summed E-state index contributed by atoms with van der Waals surface area (Å²) in [7, 11) is 0. The van der Waals surface area contributed by atoms with Crippen molar-refractivity contribution < 1.29 is 13.6 Å². The first-order valence-corrected chi connectivity index (χ1v) is 8.11. The van der Waals surface area contributed by atoms with E-state index < -0.39 is 23.2 Å². The molecule has 132 valence electrons. The second kappa shape index (κ2) is 7.98. The van der Waals surface area contributed by atoms with E-state index in [2.05, 4.69) is 25.1 Å². The molecule has 0 bridgehead atoms. The second-order valence-corrected chi connectivity index (χ2v) is 5.77.